The molecule has 1 saturated carbocycles. The van der Waals surface area contributed by atoms with E-state index in [1.807, 2.05) is 0 Å². The molecule has 0 radical (unpaired) electrons. The zero-order valence-corrected chi connectivity index (χ0v) is 13.9. The smallest absolute Gasteiger partial charge is 0.337 e. The van der Waals surface area contributed by atoms with E-state index in [9.17, 15) is 14.4 Å². The Kier molecular flexibility index (Phi) is 6.78. The summed E-state index contributed by atoms with van der Waals surface area (Å²) in [6, 6.07) is 6.74. The zero-order valence-electron chi connectivity index (χ0n) is 13.9. The van der Waals surface area contributed by atoms with Crippen LogP contribution in [0, 0.1) is 5.92 Å². The maximum atomic E-state index is 11.7. The first-order valence-electron chi connectivity index (χ1n) is 8.18. The minimum Gasteiger partial charge on any atom is -0.465 e. The van der Waals surface area contributed by atoms with Crippen LogP contribution in [0.2, 0.25) is 0 Å². The maximum absolute atomic E-state index is 11.7. The van der Waals surface area contributed by atoms with Crippen molar-refractivity contribution in [2.45, 2.75) is 38.6 Å². The van der Waals surface area contributed by atoms with Crippen LogP contribution in [-0.4, -0.2) is 31.6 Å². The Balaban J connectivity index is 1.67. The first-order valence-corrected chi connectivity index (χ1v) is 8.18. The Labute approximate surface area is 141 Å². The van der Waals surface area contributed by atoms with Gasteiger partial charge in [-0.15, -0.1) is 0 Å². The van der Waals surface area contributed by atoms with E-state index in [0.717, 1.165) is 18.4 Å². The van der Waals surface area contributed by atoms with Gasteiger partial charge < -0.3 is 14.8 Å². The second-order valence-corrected chi connectivity index (χ2v) is 5.98. The molecule has 1 amide bonds. The van der Waals surface area contributed by atoms with Gasteiger partial charge in [0.1, 0.15) is 0 Å². The van der Waals surface area contributed by atoms with Crippen molar-refractivity contribution in [3.8, 4) is 0 Å². The SMILES string of the molecule is COC(=O)c1ccc(CNC(=O)COC(=O)CC2CCCC2)cc1. The Morgan fingerprint density at radius 2 is 1.79 bits per heavy atom. The summed E-state index contributed by atoms with van der Waals surface area (Å²) < 4.78 is 9.63. The second kappa shape index (κ2) is 9.05. The van der Waals surface area contributed by atoms with Gasteiger partial charge in [-0.25, -0.2) is 4.79 Å². The molecule has 0 aromatic heterocycles. The molecule has 1 aromatic rings. The van der Waals surface area contributed by atoms with Gasteiger partial charge in [0.05, 0.1) is 12.7 Å². The van der Waals surface area contributed by atoms with Gasteiger partial charge in [-0.05, 0) is 36.5 Å². The van der Waals surface area contributed by atoms with Crippen molar-refractivity contribution in [3.05, 3.63) is 35.4 Å². The van der Waals surface area contributed by atoms with Gasteiger partial charge >= 0.3 is 11.9 Å². The molecule has 1 aliphatic carbocycles. The molecule has 0 saturated heterocycles. The van der Waals surface area contributed by atoms with Crippen LogP contribution in [0.25, 0.3) is 0 Å². The van der Waals surface area contributed by atoms with Crippen LogP contribution in [0.5, 0.6) is 0 Å². The van der Waals surface area contributed by atoms with E-state index in [0.29, 0.717) is 24.4 Å². The second-order valence-electron chi connectivity index (χ2n) is 5.98. The minimum atomic E-state index is -0.403. The monoisotopic (exact) mass is 333 g/mol. The number of amides is 1. The van der Waals surface area contributed by atoms with E-state index < -0.39 is 5.97 Å². The number of nitrogens with one attached hydrogen (secondary N) is 1. The third-order valence-corrected chi connectivity index (χ3v) is 4.16. The van der Waals surface area contributed by atoms with Gasteiger partial charge in [0.2, 0.25) is 0 Å². The lowest BCUT2D eigenvalue weighted by atomic mass is 10.1. The highest BCUT2D eigenvalue weighted by atomic mass is 16.5. The van der Waals surface area contributed by atoms with Crippen molar-refractivity contribution in [1.29, 1.82) is 0 Å². The van der Waals surface area contributed by atoms with Gasteiger partial charge in [0, 0.05) is 13.0 Å². The van der Waals surface area contributed by atoms with Gasteiger partial charge in [-0.1, -0.05) is 25.0 Å². The highest BCUT2D eigenvalue weighted by molar-refractivity contribution is 5.89. The summed E-state index contributed by atoms with van der Waals surface area (Å²) in [7, 11) is 1.32. The molecule has 130 valence electrons. The first kappa shape index (κ1) is 18.0. The summed E-state index contributed by atoms with van der Waals surface area (Å²) in [6.45, 7) is 0.0479. The molecular formula is C18H23NO5. The van der Waals surface area contributed by atoms with Gasteiger partial charge in [0.15, 0.2) is 6.61 Å². The predicted molar refractivity (Wildman–Crippen MR) is 87.2 cm³/mol. The molecule has 0 bridgehead atoms. The van der Waals surface area contributed by atoms with Crippen molar-refractivity contribution in [2.75, 3.05) is 13.7 Å². The molecule has 2 rings (SSSR count). The van der Waals surface area contributed by atoms with E-state index in [1.54, 1.807) is 24.3 Å². The minimum absolute atomic E-state index is 0.258. The average molecular weight is 333 g/mol. The lowest BCUT2D eigenvalue weighted by molar-refractivity contribution is -0.149. The topological polar surface area (TPSA) is 81.7 Å². The number of hydrogen-bond donors (Lipinski definition) is 1. The van der Waals surface area contributed by atoms with Crippen molar-refractivity contribution >= 4 is 17.8 Å². The molecular weight excluding hydrogens is 310 g/mol. The van der Waals surface area contributed by atoms with E-state index >= 15 is 0 Å². The summed E-state index contributed by atoms with van der Waals surface area (Å²) in [4.78, 5) is 34.7. The highest BCUT2D eigenvalue weighted by Gasteiger charge is 2.19. The lowest BCUT2D eigenvalue weighted by Gasteiger charge is -2.09. The number of rotatable bonds is 7. The predicted octanol–water partition coefficient (Wildman–Crippen LogP) is 2.21. The maximum Gasteiger partial charge on any atom is 0.337 e. The zero-order chi connectivity index (χ0) is 17.4. The van der Waals surface area contributed by atoms with Crippen LogP contribution in [0.15, 0.2) is 24.3 Å². The molecule has 6 heteroatoms. The van der Waals surface area contributed by atoms with Gasteiger partial charge in [-0.3, -0.25) is 9.59 Å². The number of carbonyl (C=O) groups is 3. The molecule has 1 N–H and O–H groups in total. The van der Waals surface area contributed by atoms with E-state index in [4.69, 9.17) is 4.74 Å². The van der Waals surface area contributed by atoms with E-state index in [1.165, 1.54) is 20.0 Å². The summed E-state index contributed by atoms with van der Waals surface area (Å²) in [5.41, 5.74) is 1.29. The van der Waals surface area contributed by atoms with Crippen LogP contribution in [0.4, 0.5) is 0 Å². The molecule has 0 aliphatic heterocycles. The number of esters is 2. The van der Waals surface area contributed by atoms with Crippen LogP contribution >= 0.6 is 0 Å². The van der Waals surface area contributed by atoms with Crippen molar-refractivity contribution in [1.82, 2.24) is 5.32 Å². The Morgan fingerprint density at radius 1 is 1.12 bits per heavy atom. The molecule has 1 fully saturated rings. The summed E-state index contributed by atoms with van der Waals surface area (Å²) in [5, 5.41) is 2.68. The fraction of sp³-hybridized carbons (Fsp3) is 0.500. The third kappa shape index (κ3) is 5.68. The fourth-order valence-corrected chi connectivity index (χ4v) is 2.78. The third-order valence-electron chi connectivity index (χ3n) is 4.16. The van der Waals surface area contributed by atoms with Crippen LogP contribution < -0.4 is 5.32 Å². The molecule has 0 atom stereocenters. The molecule has 0 heterocycles. The quantitative estimate of drug-likeness (QED) is 0.774. The standard InChI is InChI=1S/C18H23NO5/c1-23-18(22)15-8-6-14(7-9-15)11-19-16(20)12-24-17(21)10-13-4-2-3-5-13/h6-9,13H,2-5,10-12H2,1H3,(H,19,20). The molecule has 24 heavy (non-hydrogen) atoms. The Hall–Kier alpha value is -2.37. The number of methoxy groups -OCH3 is 1. The normalized spacial score (nSPS) is 14.2. The largest absolute Gasteiger partial charge is 0.465 e. The Morgan fingerprint density at radius 3 is 2.42 bits per heavy atom. The number of hydrogen-bond acceptors (Lipinski definition) is 5. The van der Waals surface area contributed by atoms with Gasteiger partial charge in [0.25, 0.3) is 5.91 Å². The molecule has 0 spiro atoms. The molecule has 0 unspecified atom stereocenters. The van der Waals surface area contributed by atoms with Gasteiger partial charge in [-0.2, -0.15) is 0 Å². The molecule has 6 nitrogen and oxygen atoms in total. The summed E-state index contributed by atoms with van der Waals surface area (Å²) in [5.74, 6) is -0.639. The highest BCUT2D eigenvalue weighted by Crippen LogP contribution is 2.27. The number of benzene rings is 1. The van der Waals surface area contributed by atoms with E-state index in [-0.39, 0.29) is 18.5 Å². The van der Waals surface area contributed by atoms with Crippen molar-refractivity contribution in [3.63, 3.8) is 0 Å². The van der Waals surface area contributed by atoms with Crippen molar-refractivity contribution in [2.24, 2.45) is 5.92 Å². The van der Waals surface area contributed by atoms with Crippen LogP contribution in [0.1, 0.15) is 48.0 Å². The van der Waals surface area contributed by atoms with E-state index in [2.05, 4.69) is 10.1 Å². The Bertz CT molecular complexity index is 576. The molecule has 1 aromatic carbocycles. The fourth-order valence-electron chi connectivity index (χ4n) is 2.78. The van der Waals surface area contributed by atoms with Crippen molar-refractivity contribution < 1.29 is 23.9 Å². The lowest BCUT2D eigenvalue weighted by Crippen LogP contribution is -2.28. The van der Waals surface area contributed by atoms with Crippen LogP contribution in [-0.2, 0) is 25.6 Å². The molecule has 1 aliphatic rings. The number of carbonyl (C=O) groups excluding carboxylic acids is 3. The van der Waals surface area contributed by atoms with Crippen LogP contribution in [0.3, 0.4) is 0 Å². The first-order chi connectivity index (χ1) is 11.6. The summed E-state index contributed by atoms with van der Waals surface area (Å²) >= 11 is 0. The summed E-state index contributed by atoms with van der Waals surface area (Å²) in [6.07, 6.45) is 4.90. The average Bonchev–Trinajstić information content (AvgIpc) is 3.10. The number of ether oxygens (including phenoxy) is 2.